The molecule has 4 aliphatic rings. The fraction of sp³-hybridized carbons (Fsp3) is 0.900. The Balaban J connectivity index is 1.65. The monoisotopic (exact) mass is 198 g/mol. The fourth-order valence-electron chi connectivity index (χ4n) is 3.09. The Bertz CT molecular complexity index is 266. The zero-order valence-electron chi connectivity index (χ0n) is 8.18. The Kier molecular flexibility index (Phi) is 1.53. The minimum atomic E-state index is -0.955. The van der Waals surface area contributed by atoms with Crippen LogP contribution in [0.5, 0.6) is 0 Å². The van der Waals surface area contributed by atoms with Crippen LogP contribution in [-0.4, -0.2) is 42.7 Å². The molecule has 1 heterocycles. The Labute approximate surface area is 82.6 Å². The van der Waals surface area contributed by atoms with Crippen molar-refractivity contribution in [2.24, 2.45) is 5.41 Å². The number of alkyl halides is 1. The van der Waals surface area contributed by atoms with Crippen LogP contribution in [0.4, 0.5) is 4.39 Å². The molecule has 3 aliphatic carbocycles. The highest BCUT2D eigenvalue weighted by Gasteiger charge is 2.73. The molecule has 4 rings (SSSR count). The lowest BCUT2D eigenvalue weighted by Crippen LogP contribution is -2.71. The second-order valence-corrected chi connectivity index (χ2v) is 5.00. The lowest BCUT2D eigenvalue weighted by atomic mass is 9.42. The second-order valence-electron chi connectivity index (χ2n) is 5.00. The van der Waals surface area contributed by atoms with Gasteiger partial charge in [-0.1, -0.05) is 0 Å². The van der Waals surface area contributed by atoms with Crippen LogP contribution in [0.15, 0.2) is 0 Å². The molecule has 3 saturated carbocycles. The summed E-state index contributed by atoms with van der Waals surface area (Å²) in [5.74, 6) is 0.207. The van der Waals surface area contributed by atoms with Gasteiger partial charge in [-0.25, -0.2) is 4.39 Å². The molecule has 4 heteroatoms. The molecule has 1 amide bonds. The van der Waals surface area contributed by atoms with Gasteiger partial charge in [-0.05, 0) is 19.3 Å². The Morgan fingerprint density at radius 1 is 1.21 bits per heavy atom. The number of rotatable bonds is 1. The van der Waals surface area contributed by atoms with Gasteiger partial charge >= 0.3 is 0 Å². The summed E-state index contributed by atoms with van der Waals surface area (Å²) in [6, 6.07) is 0. The predicted molar refractivity (Wildman–Crippen MR) is 49.6 cm³/mol. The topological polar surface area (TPSA) is 32.3 Å². The molecule has 1 aliphatic heterocycles. The number of hydrogen-bond donors (Lipinski definition) is 1. The molecular formula is C10H15FN2O. The normalized spacial score (nSPS) is 45.4. The smallest absolute Gasteiger partial charge is 0.229 e. The first-order chi connectivity index (χ1) is 6.64. The van der Waals surface area contributed by atoms with E-state index in [1.165, 1.54) is 0 Å². The van der Waals surface area contributed by atoms with Crippen molar-refractivity contribution in [2.45, 2.75) is 24.9 Å². The van der Waals surface area contributed by atoms with E-state index in [9.17, 15) is 9.18 Å². The summed E-state index contributed by atoms with van der Waals surface area (Å²) in [4.78, 5) is 13.9. The van der Waals surface area contributed by atoms with Gasteiger partial charge in [0.2, 0.25) is 5.91 Å². The van der Waals surface area contributed by atoms with Crippen LogP contribution < -0.4 is 5.32 Å². The van der Waals surface area contributed by atoms with Gasteiger partial charge < -0.3 is 10.2 Å². The number of piperazine rings is 1. The minimum absolute atomic E-state index is 0.207. The van der Waals surface area contributed by atoms with Gasteiger partial charge in [-0.2, -0.15) is 0 Å². The third-order valence-electron chi connectivity index (χ3n) is 3.82. The first-order valence-corrected chi connectivity index (χ1v) is 5.33. The van der Waals surface area contributed by atoms with E-state index in [0.29, 0.717) is 19.3 Å². The first kappa shape index (κ1) is 8.65. The number of amides is 1. The van der Waals surface area contributed by atoms with Crippen molar-refractivity contribution in [1.29, 1.82) is 0 Å². The van der Waals surface area contributed by atoms with Crippen molar-refractivity contribution < 1.29 is 9.18 Å². The van der Waals surface area contributed by atoms with Crippen molar-refractivity contribution in [1.82, 2.24) is 10.2 Å². The number of nitrogens with zero attached hydrogens (tertiary/aromatic N) is 1. The van der Waals surface area contributed by atoms with Gasteiger partial charge in [0.25, 0.3) is 0 Å². The molecule has 0 radical (unpaired) electrons. The molecule has 0 aromatic rings. The van der Waals surface area contributed by atoms with Crippen LogP contribution in [0.25, 0.3) is 0 Å². The summed E-state index contributed by atoms with van der Waals surface area (Å²) >= 11 is 0. The van der Waals surface area contributed by atoms with Crippen LogP contribution in [-0.2, 0) is 4.79 Å². The van der Waals surface area contributed by atoms with Crippen molar-refractivity contribution in [3.63, 3.8) is 0 Å². The first-order valence-electron chi connectivity index (χ1n) is 5.33. The molecule has 0 atom stereocenters. The van der Waals surface area contributed by atoms with E-state index >= 15 is 0 Å². The van der Waals surface area contributed by atoms with Gasteiger partial charge in [0.05, 0.1) is 5.41 Å². The quantitative estimate of drug-likeness (QED) is 0.657. The minimum Gasteiger partial charge on any atom is -0.340 e. The standard InChI is InChI=1S/C10H15FN2O/c11-10-5-9(6-10,7-10)8(14)13-3-1-12-2-4-13/h12H,1-7H2. The van der Waals surface area contributed by atoms with Crippen LogP contribution >= 0.6 is 0 Å². The van der Waals surface area contributed by atoms with Crippen molar-refractivity contribution in [3.8, 4) is 0 Å². The summed E-state index contributed by atoms with van der Waals surface area (Å²) in [5, 5.41) is 3.21. The van der Waals surface area contributed by atoms with E-state index in [2.05, 4.69) is 5.32 Å². The number of nitrogens with one attached hydrogen (secondary N) is 1. The Hall–Kier alpha value is -0.640. The molecule has 0 aromatic heterocycles. The third-order valence-corrected chi connectivity index (χ3v) is 3.82. The van der Waals surface area contributed by atoms with E-state index in [4.69, 9.17) is 0 Å². The van der Waals surface area contributed by atoms with Gasteiger partial charge in [0.1, 0.15) is 5.67 Å². The number of carbonyl (C=O) groups is 1. The molecule has 3 nitrogen and oxygen atoms in total. The van der Waals surface area contributed by atoms with Gasteiger partial charge in [0, 0.05) is 26.2 Å². The second kappa shape index (κ2) is 2.48. The lowest BCUT2D eigenvalue weighted by Gasteiger charge is -2.65. The van der Waals surface area contributed by atoms with E-state index < -0.39 is 5.67 Å². The zero-order valence-corrected chi connectivity index (χ0v) is 8.18. The Morgan fingerprint density at radius 3 is 2.29 bits per heavy atom. The molecular weight excluding hydrogens is 183 g/mol. The highest BCUT2D eigenvalue weighted by molar-refractivity contribution is 5.87. The zero-order chi connectivity index (χ0) is 9.81. The largest absolute Gasteiger partial charge is 0.340 e. The van der Waals surface area contributed by atoms with Crippen molar-refractivity contribution >= 4 is 5.91 Å². The van der Waals surface area contributed by atoms with Crippen molar-refractivity contribution in [3.05, 3.63) is 0 Å². The number of hydrogen-bond acceptors (Lipinski definition) is 2. The fourth-order valence-corrected chi connectivity index (χ4v) is 3.09. The lowest BCUT2D eigenvalue weighted by molar-refractivity contribution is -0.222. The maximum absolute atomic E-state index is 13.3. The van der Waals surface area contributed by atoms with Gasteiger partial charge in [-0.15, -0.1) is 0 Å². The van der Waals surface area contributed by atoms with Crippen LogP contribution in [0, 0.1) is 5.41 Å². The Morgan fingerprint density at radius 2 is 1.79 bits per heavy atom. The summed E-state index contributed by atoms with van der Waals surface area (Å²) < 4.78 is 13.3. The average molecular weight is 198 g/mol. The third kappa shape index (κ3) is 0.975. The molecule has 0 aromatic carbocycles. The molecule has 78 valence electrons. The van der Waals surface area contributed by atoms with Crippen LogP contribution in [0.1, 0.15) is 19.3 Å². The highest BCUT2D eigenvalue weighted by Crippen LogP contribution is 2.70. The molecule has 1 N–H and O–H groups in total. The molecule has 14 heavy (non-hydrogen) atoms. The number of carbonyl (C=O) groups excluding carboxylic acids is 1. The molecule has 0 unspecified atom stereocenters. The van der Waals surface area contributed by atoms with E-state index in [0.717, 1.165) is 26.2 Å². The number of halogens is 1. The van der Waals surface area contributed by atoms with E-state index in [1.807, 2.05) is 4.90 Å². The molecule has 2 bridgehead atoms. The molecule has 0 spiro atoms. The maximum atomic E-state index is 13.3. The van der Waals surface area contributed by atoms with Gasteiger partial charge in [0.15, 0.2) is 0 Å². The van der Waals surface area contributed by atoms with Crippen molar-refractivity contribution in [2.75, 3.05) is 26.2 Å². The van der Waals surface area contributed by atoms with Crippen LogP contribution in [0.3, 0.4) is 0 Å². The highest BCUT2D eigenvalue weighted by atomic mass is 19.1. The summed E-state index contributed by atoms with van der Waals surface area (Å²) in [5.41, 5.74) is -1.23. The maximum Gasteiger partial charge on any atom is 0.229 e. The van der Waals surface area contributed by atoms with Crippen LogP contribution in [0.2, 0.25) is 0 Å². The summed E-state index contributed by atoms with van der Waals surface area (Å²) in [6.45, 7) is 3.34. The predicted octanol–water partition coefficient (Wildman–Crippen LogP) is 0.310. The van der Waals surface area contributed by atoms with E-state index in [1.54, 1.807) is 0 Å². The SMILES string of the molecule is O=C(N1CCNCC1)C12CC(F)(C1)C2. The average Bonchev–Trinajstić information content (AvgIpc) is 2.12. The molecule has 4 fully saturated rings. The van der Waals surface area contributed by atoms with E-state index in [-0.39, 0.29) is 11.3 Å². The molecule has 1 saturated heterocycles. The summed E-state index contributed by atoms with van der Waals surface area (Å²) in [6.07, 6.45) is 1.47. The van der Waals surface area contributed by atoms with Gasteiger partial charge in [-0.3, -0.25) is 4.79 Å². The summed E-state index contributed by atoms with van der Waals surface area (Å²) in [7, 11) is 0.